The molecule has 0 radical (unpaired) electrons. The number of thioether (sulfide) groups is 1. The Labute approximate surface area is 201 Å². The van der Waals surface area contributed by atoms with E-state index in [0.717, 1.165) is 47.8 Å². The average molecular weight is 485 g/mol. The third-order valence-corrected chi connectivity index (χ3v) is 7.21. The number of nitrogens with zero attached hydrogens (tertiary/aromatic N) is 4. The van der Waals surface area contributed by atoms with Crippen LogP contribution in [0, 0.1) is 0 Å². The molecule has 0 spiro atoms. The zero-order valence-corrected chi connectivity index (χ0v) is 19.9. The second-order valence-electron chi connectivity index (χ2n) is 8.46. The molecule has 1 amide bonds. The molecule has 1 aromatic heterocycles. The van der Waals surface area contributed by atoms with Crippen molar-refractivity contribution in [1.29, 1.82) is 0 Å². The Kier molecular flexibility index (Phi) is 6.38. The van der Waals surface area contributed by atoms with Crippen molar-refractivity contribution >= 4 is 46.0 Å². The first-order valence-electron chi connectivity index (χ1n) is 10.9. The van der Waals surface area contributed by atoms with Crippen molar-refractivity contribution in [3.8, 4) is 11.4 Å². The van der Waals surface area contributed by atoms with Crippen LogP contribution in [0.1, 0.15) is 24.0 Å². The number of rotatable bonds is 5. The lowest BCUT2D eigenvalue weighted by molar-refractivity contribution is -0.119. The van der Waals surface area contributed by atoms with Gasteiger partial charge >= 0.3 is 0 Å². The van der Waals surface area contributed by atoms with E-state index in [2.05, 4.69) is 38.3 Å². The van der Waals surface area contributed by atoms with Gasteiger partial charge in [0.25, 0.3) is 0 Å². The van der Waals surface area contributed by atoms with E-state index in [-0.39, 0.29) is 23.7 Å². The van der Waals surface area contributed by atoms with E-state index in [1.807, 2.05) is 18.2 Å². The highest BCUT2D eigenvalue weighted by Gasteiger charge is 2.22. The summed E-state index contributed by atoms with van der Waals surface area (Å²) in [5.74, 6) is 0.679. The summed E-state index contributed by atoms with van der Waals surface area (Å²) in [6.07, 6.45) is 1.93. The van der Waals surface area contributed by atoms with E-state index >= 15 is 0 Å². The number of carbonyl (C=O) groups excluding carboxylic acids is 1. The molecule has 2 aliphatic heterocycles. The van der Waals surface area contributed by atoms with E-state index in [0.29, 0.717) is 34.8 Å². The van der Waals surface area contributed by atoms with Gasteiger partial charge in [0, 0.05) is 11.6 Å². The minimum absolute atomic E-state index is 0.0327. The molecule has 3 heterocycles. The van der Waals surface area contributed by atoms with Gasteiger partial charge in [0.05, 0.1) is 24.0 Å². The molecule has 3 N–H and O–H groups in total. The first-order chi connectivity index (χ1) is 16.0. The topological polar surface area (TPSA) is 106 Å². The van der Waals surface area contributed by atoms with Crippen LogP contribution in [0.4, 0.5) is 5.95 Å². The number of amides is 1. The summed E-state index contributed by atoms with van der Waals surface area (Å²) < 4.78 is 5.68. The lowest BCUT2D eigenvalue weighted by atomic mass is 9.94. The summed E-state index contributed by atoms with van der Waals surface area (Å²) >= 11 is 7.92. The molecule has 2 aromatic carbocycles. The van der Waals surface area contributed by atoms with Crippen molar-refractivity contribution in [2.24, 2.45) is 0 Å². The quantitative estimate of drug-likeness (QED) is 0.531. The third kappa shape index (κ3) is 4.77. The van der Waals surface area contributed by atoms with E-state index in [4.69, 9.17) is 22.1 Å². The zero-order chi connectivity index (χ0) is 22.9. The second-order valence-corrected chi connectivity index (χ2v) is 9.81. The summed E-state index contributed by atoms with van der Waals surface area (Å²) in [5, 5.41) is 6.11. The van der Waals surface area contributed by atoms with Crippen LogP contribution in [0.3, 0.4) is 0 Å². The van der Waals surface area contributed by atoms with Gasteiger partial charge in [-0.3, -0.25) is 4.79 Å². The van der Waals surface area contributed by atoms with Gasteiger partial charge in [-0.05, 0) is 60.9 Å². The van der Waals surface area contributed by atoms with Crippen LogP contribution in [0.15, 0.2) is 29.4 Å². The number of likely N-dealkylation sites (tertiary alicyclic amines) is 1. The van der Waals surface area contributed by atoms with Crippen LogP contribution >= 0.6 is 23.4 Å². The van der Waals surface area contributed by atoms with Crippen LogP contribution in [0.5, 0.6) is 0 Å². The number of piperidine rings is 1. The summed E-state index contributed by atoms with van der Waals surface area (Å²) in [6.45, 7) is 3.05. The van der Waals surface area contributed by atoms with E-state index in [1.54, 1.807) is 0 Å². The molecule has 0 saturated carbocycles. The summed E-state index contributed by atoms with van der Waals surface area (Å²) in [6, 6.07) is 8.16. The van der Waals surface area contributed by atoms with Crippen molar-refractivity contribution in [2.45, 2.75) is 37.3 Å². The number of ether oxygens (including phenoxy) is 1. The second kappa shape index (κ2) is 9.42. The number of nitrogen functional groups attached to an aromatic ring is 1. The molecule has 2 aliphatic rings. The van der Waals surface area contributed by atoms with Crippen molar-refractivity contribution in [3.63, 3.8) is 0 Å². The highest BCUT2D eigenvalue weighted by Crippen LogP contribution is 2.39. The highest BCUT2D eigenvalue weighted by atomic mass is 35.5. The van der Waals surface area contributed by atoms with Crippen molar-refractivity contribution < 1.29 is 9.53 Å². The Morgan fingerprint density at radius 2 is 2.03 bits per heavy atom. The number of hydrogen-bond acceptors (Lipinski definition) is 8. The number of aromatic nitrogens is 3. The zero-order valence-electron chi connectivity index (χ0n) is 18.3. The van der Waals surface area contributed by atoms with Crippen LogP contribution in [-0.4, -0.2) is 57.7 Å². The molecule has 0 aliphatic carbocycles. The smallest absolute Gasteiger partial charge is 0.230 e. The van der Waals surface area contributed by atoms with Gasteiger partial charge in [0.1, 0.15) is 0 Å². The number of carbonyl (C=O) groups is 1. The lowest BCUT2D eigenvalue weighted by Gasteiger charge is -2.29. The fourth-order valence-electron chi connectivity index (χ4n) is 4.45. The number of nitrogens with one attached hydrogen (secondary N) is 1. The number of hydrogen-bond donors (Lipinski definition) is 2. The van der Waals surface area contributed by atoms with E-state index in [1.165, 1.54) is 11.8 Å². The molecule has 1 saturated heterocycles. The minimum atomic E-state index is -0.0327. The maximum atomic E-state index is 12.5. The van der Waals surface area contributed by atoms with Gasteiger partial charge in [-0.15, -0.1) is 0 Å². The molecule has 1 fully saturated rings. The Balaban J connectivity index is 1.39. The molecular weight excluding hydrogens is 460 g/mol. The SMILES string of the molecule is CN1CCC(NC(=O)CSc2nc(N)nc(-c3c(Cl)cc4c5c(cccc35)COC4)n2)CC1. The standard InChI is InChI=1S/C23H25ClN6O2S/c1-30-7-5-15(6-8-30)26-18(31)12-33-23-28-21(27-22(25)29-23)20-16-4-2-3-13-10-32-11-14(19(13)16)9-17(20)24/h2-4,9,15H,5-8,10-12H2,1H3,(H,26,31)(H2,25,27,28,29). The third-order valence-electron chi connectivity index (χ3n) is 6.07. The highest BCUT2D eigenvalue weighted by molar-refractivity contribution is 7.99. The summed E-state index contributed by atoms with van der Waals surface area (Å²) in [5.41, 5.74) is 8.88. The first-order valence-corrected chi connectivity index (χ1v) is 12.3. The Morgan fingerprint density at radius 1 is 1.24 bits per heavy atom. The number of benzene rings is 2. The number of halogens is 1. The first kappa shape index (κ1) is 22.3. The van der Waals surface area contributed by atoms with Crippen LogP contribution in [0.25, 0.3) is 22.2 Å². The molecule has 0 unspecified atom stereocenters. The number of anilines is 1. The van der Waals surface area contributed by atoms with Crippen molar-refractivity contribution in [2.75, 3.05) is 31.6 Å². The van der Waals surface area contributed by atoms with Gasteiger partial charge in [0.15, 0.2) is 11.0 Å². The maximum absolute atomic E-state index is 12.5. The summed E-state index contributed by atoms with van der Waals surface area (Å²) in [4.78, 5) is 27.9. The monoisotopic (exact) mass is 484 g/mol. The van der Waals surface area contributed by atoms with Crippen LogP contribution in [-0.2, 0) is 22.7 Å². The van der Waals surface area contributed by atoms with Crippen LogP contribution in [0.2, 0.25) is 5.02 Å². The molecule has 0 atom stereocenters. The van der Waals surface area contributed by atoms with Crippen LogP contribution < -0.4 is 11.1 Å². The summed E-state index contributed by atoms with van der Waals surface area (Å²) in [7, 11) is 2.10. The Bertz CT molecular complexity index is 1220. The van der Waals surface area contributed by atoms with E-state index < -0.39 is 0 Å². The predicted molar refractivity (Wildman–Crippen MR) is 130 cm³/mol. The fourth-order valence-corrected chi connectivity index (χ4v) is 5.42. The molecule has 172 valence electrons. The van der Waals surface area contributed by atoms with Crippen molar-refractivity contribution in [3.05, 3.63) is 40.4 Å². The Hall–Kier alpha value is -2.46. The van der Waals surface area contributed by atoms with Gasteiger partial charge < -0.3 is 20.7 Å². The Morgan fingerprint density at radius 3 is 2.85 bits per heavy atom. The molecule has 3 aromatic rings. The van der Waals surface area contributed by atoms with Gasteiger partial charge in [-0.1, -0.05) is 41.6 Å². The fraction of sp³-hybridized carbons (Fsp3) is 0.391. The predicted octanol–water partition coefficient (Wildman–Crippen LogP) is 3.26. The lowest BCUT2D eigenvalue weighted by Crippen LogP contribution is -2.43. The molecule has 8 nitrogen and oxygen atoms in total. The minimum Gasteiger partial charge on any atom is -0.372 e. The molecule has 33 heavy (non-hydrogen) atoms. The average Bonchev–Trinajstić information content (AvgIpc) is 2.79. The van der Waals surface area contributed by atoms with Gasteiger partial charge in [0.2, 0.25) is 11.9 Å². The molecule has 0 bridgehead atoms. The largest absolute Gasteiger partial charge is 0.372 e. The van der Waals surface area contributed by atoms with Gasteiger partial charge in [-0.2, -0.15) is 9.97 Å². The molecule has 5 rings (SSSR count). The van der Waals surface area contributed by atoms with E-state index in [9.17, 15) is 4.79 Å². The number of nitrogens with two attached hydrogens (primary N) is 1. The molecule has 10 heteroatoms. The maximum Gasteiger partial charge on any atom is 0.230 e. The normalized spacial score (nSPS) is 16.8. The van der Waals surface area contributed by atoms with Gasteiger partial charge in [-0.25, -0.2) is 4.98 Å². The van der Waals surface area contributed by atoms with Crippen molar-refractivity contribution in [1.82, 2.24) is 25.2 Å². The molecular formula is C23H25ClN6O2S.